The highest BCUT2D eigenvalue weighted by Gasteiger charge is 2.20. The molecule has 0 saturated carbocycles. The summed E-state index contributed by atoms with van der Waals surface area (Å²) in [7, 11) is -3.81. The first-order chi connectivity index (χ1) is 14.9. The maximum atomic E-state index is 12.8. The van der Waals surface area contributed by atoms with Gasteiger partial charge in [-0.1, -0.05) is 36.4 Å². The van der Waals surface area contributed by atoms with Crippen LogP contribution in [0.5, 0.6) is 0 Å². The van der Waals surface area contributed by atoms with E-state index in [0.717, 1.165) is 5.56 Å². The maximum absolute atomic E-state index is 12.8. The molecule has 0 saturated heterocycles. The zero-order valence-electron chi connectivity index (χ0n) is 16.7. The number of aromatic nitrogens is 2. The monoisotopic (exact) mass is 432 g/mol. The van der Waals surface area contributed by atoms with Crippen molar-refractivity contribution >= 4 is 32.7 Å². The maximum Gasteiger partial charge on any atom is 0.255 e. The number of nitrogens with zero attached hydrogens (tertiary/aromatic N) is 2. The molecule has 2 N–H and O–H groups in total. The van der Waals surface area contributed by atoms with Crippen LogP contribution in [0.4, 0.5) is 5.69 Å². The van der Waals surface area contributed by atoms with E-state index in [1.54, 1.807) is 49.6 Å². The van der Waals surface area contributed by atoms with Gasteiger partial charge in [0.25, 0.3) is 5.91 Å². The fourth-order valence-electron chi connectivity index (χ4n) is 3.16. The number of carbonyl (C=O) groups excluding carboxylic acids is 1. The summed E-state index contributed by atoms with van der Waals surface area (Å²) in [6, 6.07) is 20.0. The molecule has 0 aliphatic heterocycles. The molecular formula is C23H20N4O3S. The van der Waals surface area contributed by atoms with Gasteiger partial charge in [-0.15, -0.1) is 0 Å². The van der Waals surface area contributed by atoms with Gasteiger partial charge in [0.1, 0.15) is 0 Å². The number of benzene rings is 3. The molecule has 0 aliphatic rings. The van der Waals surface area contributed by atoms with E-state index >= 15 is 0 Å². The summed E-state index contributed by atoms with van der Waals surface area (Å²) < 4.78 is 28.3. The third-order valence-corrected chi connectivity index (χ3v) is 6.30. The van der Waals surface area contributed by atoms with Crippen molar-refractivity contribution in [3.05, 3.63) is 96.3 Å². The van der Waals surface area contributed by atoms with Gasteiger partial charge in [0.05, 0.1) is 15.9 Å². The molecule has 1 aromatic heterocycles. The lowest BCUT2D eigenvalue weighted by atomic mass is 10.1. The quantitative estimate of drug-likeness (QED) is 0.481. The summed E-state index contributed by atoms with van der Waals surface area (Å²) in [4.78, 5) is 21.1. The molecule has 0 spiro atoms. The molecule has 3 aromatic carbocycles. The number of nitrogens with one attached hydrogen (secondary N) is 2. The lowest BCUT2D eigenvalue weighted by Gasteiger charge is -2.15. The van der Waals surface area contributed by atoms with Crippen LogP contribution in [0.1, 0.15) is 28.9 Å². The van der Waals surface area contributed by atoms with Crippen LogP contribution >= 0.6 is 0 Å². The van der Waals surface area contributed by atoms with Crippen molar-refractivity contribution in [1.82, 2.24) is 14.7 Å². The molecule has 4 aromatic rings. The zero-order valence-corrected chi connectivity index (χ0v) is 17.5. The van der Waals surface area contributed by atoms with E-state index in [1.165, 1.54) is 12.1 Å². The van der Waals surface area contributed by atoms with E-state index in [2.05, 4.69) is 20.0 Å². The van der Waals surface area contributed by atoms with Crippen molar-refractivity contribution in [2.75, 3.05) is 5.32 Å². The van der Waals surface area contributed by atoms with Gasteiger partial charge in [0, 0.05) is 29.7 Å². The van der Waals surface area contributed by atoms with Crippen molar-refractivity contribution in [1.29, 1.82) is 0 Å². The van der Waals surface area contributed by atoms with Gasteiger partial charge in [0.2, 0.25) is 10.0 Å². The molecular weight excluding hydrogens is 412 g/mol. The number of fused-ring (bicyclic) bond motifs is 1. The van der Waals surface area contributed by atoms with Crippen LogP contribution in [0.2, 0.25) is 0 Å². The Labute approximate surface area is 180 Å². The lowest BCUT2D eigenvalue weighted by molar-refractivity contribution is 0.102. The van der Waals surface area contributed by atoms with Crippen LogP contribution in [-0.4, -0.2) is 24.3 Å². The molecule has 1 heterocycles. The number of rotatable bonds is 6. The number of sulfonamides is 1. The van der Waals surface area contributed by atoms with Gasteiger partial charge in [-0.05, 0) is 48.9 Å². The number of hydrogen-bond donors (Lipinski definition) is 2. The van der Waals surface area contributed by atoms with E-state index in [-0.39, 0.29) is 10.5 Å². The molecule has 31 heavy (non-hydrogen) atoms. The average Bonchev–Trinajstić information content (AvgIpc) is 2.79. The van der Waals surface area contributed by atoms with Gasteiger partial charge < -0.3 is 5.32 Å². The summed E-state index contributed by atoms with van der Waals surface area (Å²) in [6.07, 6.45) is 3.17. The van der Waals surface area contributed by atoms with E-state index in [0.29, 0.717) is 16.7 Å². The Morgan fingerprint density at radius 2 is 1.61 bits per heavy atom. The molecule has 7 nitrogen and oxygen atoms in total. The minimum absolute atomic E-state index is 0.0207. The molecule has 0 aliphatic carbocycles. The Morgan fingerprint density at radius 1 is 0.871 bits per heavy atom. The van der Waals surface area contributed by atoms with Crippen LogP contribution in [0, 0.1) is 0 Å². The van der Waals surface area contributed by atoms with Gasteiger partial charge in [-0.3, -0.25) is 14.8 Å². The second-order valence-electron chi connectivity index (χ2n) is 7.00. The van der Waals surface area contributed by atoms with Crippen molar-refractivity contribution in [2.24, 2.45) is 0 Å². The molecule has 156 valence electrons. The van der Waals surface area contributed by atoms with Crippen LogP contribution in [0.3, 0.4) is 0 Å². The third-order valence-electron chi connectivity index (χ3n) is 4.77. The second-order valence-corrected chi connectivity index (χ2v) is 8.71. The van der Waals surface area contributed by atoms with Gasteiger partial charge in [0.15, 0.2) is 0 Å². The fourth-order valence-corrected chi connectivity index (χ4v) is 4.44. The second kappa shape index (κ2) is 8.63. The number of hydrogen-bond acceptors (Lipinski definition) is 5. The first-order valence-electron chi connectivity index (χ1n) is 9.62. The van der Waals surface area contributed by atoms with E-state index < -0.39 is 22.0 Å². The molecule has 0 bridgehead atoms. The Balaban J connectivity index is 1.53. The summed E-state index contributed by atoms with van der Waals surface area (Å²) in [5.74, 6) is -0.420. The fraction of sp³-hybridized carbons (Fsp3) is 0.0870. The topological polar surface area (TPSA) is 101 Å². The highest BCUT2D eigenvalue weighted by molar-refractivity contribution is 7.89. The SMILES string of the molecule is CC(NS(=O)(=O)c1cccc(C(=O)Nc2ccc3nccnc3c2)c1)c1ccccc1. The van der Waals surface area contributed by atoms with E-state index in [9.17, 15) is 13.2 Å². The molecule has 1 unspecified atom stereocenters. The highest BCUT2D eigenvalue weighted by Crippen LogP contribution is 2.19. The molecule has 0 fully saturated rings. The number of amides is 1. The Bertz CT molecular complexity index is 1340. The molecule has 8 heteroatoms. The lowest BCUT2D eigenvalue weighted by Crippen LogP contribution is -2.27. The number of anilines is 1. The van der Waals surface area contributed by atoms with Crippen molar-refractivity contribution < 1.29 is 13.2 Å². The molecule has 1 amide bonds. The molecule has 1 atom stereocenters. The van der Waals surface area contributed by atoms with Gasteiger partial charge in [-0.25, -0.2) is 13.1 Å². The van der Waals surface area contributed by atoms with E-state index in [1.807, 2.05) is 30.3 Å². The average molecular weight is 433 g/mol. The largest absolute Gasteiger partial charge is 0.322 e. The highest BCUT2D eigenvalue weighted by atomic mass is 32.2. The normalized spacial score (nSPS) is 12.4. The first kappa shape index (κ1) is 20.6. The standard InChI is InChI=1S/C23H20N4O3S/c1-16(17-6-3-2-4-7-17)27-31(29,30)20-9-5-8-18(14-20)23(28)26-19-10-11-21-22(15-19)25-13-12-24-21/h2-16,27H,1H3,(H,26,28). The van der Waals surface area contributed by atoms with Crippen molar-refractivity contribution in [3.8, 4) is 0 Å². The summed E-state index contributed by atoms with van der Waals surface area (Å²) in [5, 5.41) is 2.77. The smallest absolute Gasteiger partial charge is 0.255 e. The van der Waals surface area contributed by atoms with Crippen molar-refractivity contribution in [2.45, 2.75) is 17.9 Å². The van der Waals surface area contributed by atoms with Gasteiger partial charge in [-0.2, -0.15) is 0 Å². The molecule has 4 rings (SSSR count). The minimum Gasteiger partial charge on any atom is -0.322 e. The summed E-state index contributed by atoms with van der Waals surface area (Å²) >= 11 is 0. The molecule has 0 radical (unpaired) electrons. The van der Waals surface area contributed by atoms with Crippen LogP contribution < -0.4 is 10.0 Å². The predicted molar refractivity (Wildman–Crippen MR) is 119 cm³/mol. The van der Waals surface area contributed by atoms with Gasteiger partial charge >= 0.3 is 0 Å². The Morgan fingerprint density at radius 3 is 2.39 bits per heavy atom. The minimum atomic E-state index is -3.81. The van der Waals surface area contributed by atoms with Crippen LogP contribution in [0.15, 0.2) is 90.1 Å². The Kier molecular flexibility index (Phi) is 5.75. The summed E-state index contributed by atoms with van der Waals surface area (Å²) in [5.41, 5.74) is 2.99. The van der Waals surface area contributed by atoms with Crippen molar-refractivity contribution in [3.63, 3.8) is 0 Å². The van der Waals surface area contributed by atoms with Crippen LogP contribution in [-0.2, 0) is 10.0 Å². The zero-order chi connectivity index (χ0) is 21.8. The predicted octanol–water partition coefficient (Wildman–Crippen LogP) is 3.92. The first-order valence-corrected chi connectivity index (χ1v) is 11.1. The third kappa shape index (κ3) is 4.76. The number of carbonyl (C=O) groups is 1. The Hall–Kier alpha value is -3.62. The van der Waals surface area contributed by atoms with E-state index in [4.69, 9.17) is 0 Å². The summed E-state index contributed by atoms with van der Waals surface area (Å²) in [6.45, 7) is 1.77. The van der Waals surface area contributed by atoms with Crippen LogP contribution in [0.25, 0.3) is 11.0 Å².